The summed E-state index contributed by atoms with van der Waals surface area (Å²) in [7, 11) is 0. The van der Waals surface area contributed by atoms with Crippen LogP contribution in [0.3, 0.4) is 0 Å². The largest absolute Gasteiger partial charge is 0.462 e. The third-order valence-corrected chi connectivity index (χ3v) is 9.85. The summed E-state index contributed by atoms with van der Waals surface area (Å²) in [5, 5.41) is 0. The van der Waals surface area contributed by atoms with Crippen molar-refractivity contribution >= 4 is 11.9 Å². The van der Waals surface area contributed by atoms with Crippen LogP contribution in [0.5, 0.6) is 0 Å². The number of hydrogen-bond acceptors (Lipinski definition) is 4. The van der Waals surface area contributed by atoms with Crippen LogP contribution in [-0.2, 0) is 19.1 Å². The van der Waals surface area contributed by atoms with E-state index in [1.807, 2.05) is 20.8 Å². The highest BCUT2D eigenvalue weighted by molar-refractivity contribution is 5.73. The molecule has 8 atom stereocenters. The van der Waals surface area contributed by atoms with Crippen molar-refractivity contribution < 1.29 is 19.1 Å². The van der Waals surface area contributed by atoms with Gasteiger partial charge in [-0.1, -0.05) is 32.4 Å². The van der Waals surface area contributed by atoms with Gasteiger partial charge in [-0.3, -0.25) is 9.59 Å². The highest BCUT2D eigenvalue weighted by Crippen LogP contribution is 2.67. The number of allylic oxidation sites excluding steroid dienone is 1. The van der Waals surface area contributed by atoms with E-state index < -0.39 is 5.60 Å². The van der Waals surface area contributed by atoms with Crippen LogP contribution in [-0.4, -0.2) is 23.6 Å². The molecule has 3 saturated carbocycles. The average molecular weight is 445 g/mol. The van der Waals surface area contributed by atoms with E-state index in [0.29, 0.717) is 17.8 Å². The Morgan fingerprint density at radius 3 is 2.44 bits per heavy atom. The predicted octanol–water partition coefficient (Wildman–Crippen LogP) is 6.47. The zero-order chi connectivity index (χ0) is 23.5. The molecule has 0 N–H and O–H groups in total. The molecular formula is C28H44O4. The lowest BCUT2D eigenvalue weighted by atomic mass is 9.47. The number of rotatable bonds is 3. The molecule has 0 radical (unpaired) electrons. The summed E-state index contributed by atoms with van der Waals surface area (Å²) in [4.78, 5) is 24.4. The Morgan fingerprint density at radius 1 is 1.06 bits per heavy atom. The summed E-state index contributed by atoms with van der Waals surface area (Å²) >= 11 is 0. The first-order chi connectivity index (χ1) is 14.8. The lowest BCUT2D eigenvalue weighted by Gasteiger charge is -2.58. The second-order valence-corrected chi connectivity index (χ2v) is 12.8. The second kappa shape index (κ2) is 8.17. The average Bonchev–Trinajstić information content (AvgIpc) is 3.03. The Bertz CT molecular complexity index is 792. The van der Waals surface area contributed by atoms with Crippen LogP contribution in [0, 0.1) is 40.4 Å². The summed E-state index contributed by atoms with van der Waals surface area (Å²) in [5.41, 5.74) is 1.59. The number of esters is 2. The van der Waals surface area contributed by atoms with Gasteiger partial charge in [0.15, 0.2) is 0 Å². The van der Waals surface area contributed by atoms with Crippen LogP contribution in [0.4, 0.5) is 0 Å². The zero-order valence-corrected chi connectivity index (χ0v) is 21.3. The summed E-state index contributed by atoms with van der Waals surface area (Å²) in [6.45, 7) is 14.5. The van der Waals surface area contributed by atoms with Crippen molar-refractivity contribution in [1.82, 2.24) is 0 Å². The van der Waals surface area contributed by atoms with Crippen molar-refractivity contribution in [3.63, 3.8) is 0 Å². The van der Waals surface area contributed by atoms with E-state index in [9.17, 15) is 9.59 Å². The SMILES string of the molecule is CC(=O)O[C@H]1CC[C@@]2(C)C(=CC[C@H]3[C@@H]4CC[C@H](C(C)C(=O)OC(C)(C)C)[C@@]4(C)CC[C@@H]32)C1. The Hall–Kier alpha value is -1.32. The van der Waals surface area contributed by atoms with Crippen LogP contribution in [0.1, 0.15) is 99.8 Å². The first kappa shape index (κ1) is 23.8. The molecule has 4 nitrogen and oxygen atoms in total. The Morgan fingerprint density at radius 2 is 1.78 bits per heavy atom. The van der Waals surface area contributed by atoms with E-state index in [1.54, 1.807) is 0 Å². The fourth-order valence-electron chi connectivity index (χ4n) is 8.38. The summed E-state index contributed by atoms with van der Waals surface area (Å²) in [6, 6.07) is 0. The van der Waals surface area contributed by atoms with Gasteiger partial charge in [0.1, 0.15) is 11.7 Å². The van der Waals surface area contributed by atoms with Gasteiger partial charge in [0.25, 0.3) is 0 Å². The molecule has 0 aliphatic heterocycles. The monoisotopic (exact) mass is 444 g/mol. The first-order valence-electron chi connectivity index (χ1n) is 12.9. The van der Waals surface area contributed by atoms with Crippen LogP contribution in [0.2, 0.25) is 0 Å². The van der Waals surface area contributed by atoms with Crippen LogP contribution < -0.4 is 0 Å². The quantitative estimate of drug-likeness (QED) is 0.369. The molecule has 0 bridgehead atoms. The lowest BCUT2D eigenvalue weighted by Crippen LogP contribution is -2.51. The molecule has 0 aromatic heterocycles. The molecule has 0 aromatic rings. The zero-order valence-electron chi connectivity index (χ0n) is 21.3. The van der Waals surface area contributed by atoms with Gasteiger partial charge in [-0.2, -0.15) is 0 Å². The molecule has 0 amide bonds. The van der Waals surface area contributed by atoms with Crippen molar-refractivity contribution in [2.75, 3.05) is 0 Å². The van der Waals surface area contributed by atoms with Crippen LogP contribution in [0.15, 0.2) is 11.6 Å². The van der Waals surface area contributed by atoms with E-state index in [1.165, 1.54) is 31.8 Å². The van der Waals surface area contributed by atoms with E-state index in [2.05, 4.69) is 26.8 Å². The minimum absolute atomic E-state index is 0.0203. The molecule has 0 spiro atoms. The lowest BCUT2D eigenvalue weighted by molar-refractivity contribution is -0.164. The summed E-state index contributed by atoms with van der Waals surface area (Å²) in [5.74, 6) is 2.33. The molecule has 4 heteroatoms. The fourth-order valence-corrected chi connectivity index (χ4v) is 8.38. The van der Waals surface area contributed by atoms with E-state index in [0.717, 1.165) is 38.0 Å². The van der Waals surface area contributed by atoms with Gasteiger partial charge < -0.3 is 9.47 Å². The van der Waals surface area contributed by atoms with Gasteiger partial charge in [-0.05, 0) is 100 Å². The number of carbonyl (C=O) groups is 2. The Labute approximate surface area is 194 Å². The standard InChI is InChI=1S/C28H44O4/c1-17(25(30)32-26(3,4)5)22-10-11-23-21-9-8-19-16-20(31-18(2)29)12-14-27(19,6)24(21)13-15-28(22,23)7/h8,17,20-24H,9-16H2,1-7H3/t17?,20-,21-,22+,23-,24-,27-,28+/m0/s1. The van der Waals surface area contributed by atoms with Gasteiger partial charge >= 0.3 is 11.9 Å². The second-order valence-electron chi connectivity index (χ2n) is 12.8. The molecule has 180 valence electrons. The molecule has 0 saturated heterocycles. The van der Waals surface area contributed by atoms with Crippen LogP contribution >= 0.6 is 0 Å². The molecule has 4 aliphatic carbocycles. The summed E-state index contributed by atoms with van der Waals surface area (Å²) < 4.78 is 11.4. The predicted molar refractivity (Wildman–Crippen MR) is 126 cm³/mol. The molecule has 0 heterocycles. The number of hydrogen-bond donors (Lipinski definition) is 0. The molecule has 4 aliphatic rings. The molecule has 4 rings (SSSR count). The van der Waals surface area contributed by atoms with E-state index in [4.69, 9.17) is 9.47 Å². The molecule has 1 unspecified atom stereocenters. The molecular weight excluding hydrogens is 400 g/mol. The van der Waals surface area contributed by atoms with Gasteiger partial charge in [0.05, 0.1) is 5.92 Å². The van der Waals surface area contributed by atoms with Crippen molar-refractivity contribution in [2.24, 2.45) is 40.4 Å². The molecule has 3 fully saturated rings. The third-order valence-electron chi connectivity index (χ3n) is 9.85. The van der Waals surface area contributed by atoms with Gasteiger partial charge in [-0.25, -0.2) is 0 Å². The van der Waals surface area contributed by atoms with Crippen molar-refractivity contribution in [3.05, 3.63) is 11.6 Å². The minimum Gasteiger partial charge on any atom is -0.462 e. The van der Waals surface area contributed by atoms with Crippen molar-refractivity contribution in [1.29, 1.82) is 0 Å². The molecule has 32 heavy (non-hydrogen) atoms. The number of carbonyl (C=O) groups excluding carboxylic acids is 2. The normalized spacial score (nSPS) is 42.1. The highest BCUT2D eigenvalue weighted by atomic mass is 16.6. The number of fused-ring (bicyclic) bond motifs is 5. The molecule has 0 aromatic carbocycles. The highest BCUT2D eigenvalue weighted by Gasteiger charge is 2.60. The minimum atomic E-state index is -0.425. The third kappa shape index (κ3) is 4.05. The van der Waals surface area contributed by atoms with E-state index in [-0.39, 0.29) is 34.8 Å². The van der Waals surface area contributed by atoms with E-state index >= 15 is 0 Å². The van der Waals surface area contributed by atoms with Crippen molar-refractivity contribution in [3.8, 4) is 0 Å². The maximum Gasteiger partial charge on any atom is 0.309 e. The maximum atomic E-state index is 12.9. The maximum absolute atomic E-state index is 12.9. The Balaban J connectivity index is 1.52. The Kier molecular flexibility index (Phi) is 6.08. The van der Waals surface area contributed by atoms with Gasteiger partial charge in [0, 0.05) is 13.3 Å². The van der Waals surface area contributed by atoms with Crippen molar-refractivity contribution in [2.45, 2.75) is 112 Å². The topological polar surface area (TPSA) is 52.6 Å². The van der Waals surface area contributed by atoms with Crippen LogP contribution in [0.25, 0.3) is 0 Å². The summed E-state index contributed by atoms with van der Waals surface area (Å²) in [6.07, 6.45) is 11.6. The van der Waals surface area contributed by atoms with Gasteiger partial charge in [0.2, 0.25) is 0 Å². The fraction of sp³-hybridized carbons (Fsp3) is 0.857. The smallest absolute Gasteiger partial charge is 0.309 e. The van der Waals surface area contributed by atoms with Gasteiger partial charge in [-0.15, -0.1) is 0 Å². The number of ether oxygens (including phenoxy) is 2. The first-order valence-corrected chi connectivity index (χ1v) is 12.9.